The first kappa shape index (κ1) is 9.53. The molecule has 0 N–H and O–H groups in total. The molecule has 0 atom stereocenters. The van der Waals surface area contributed by atoms with E-state index < -0.39 is 0 Å². The summed E-state index contributed by atoms with van der Waals surface area (Å²) < 4.78 is 0. The number of hydrogen-bond acceptors (Lipinski definition) is 3. The highest BCUT2D eigenvalue weighted by Gasteiger charge is 2.19. The largest absolute Gasteiger partial charge is 0.246 e. The molecule has 0 amide bonds. The van der Waals surface area contributed by atoms with Gasteiger partial charge in [0.2, 0.25) is 0 Å². The Bertz CT molecular complexity index is 264. The van der Waals surface area contributed by atoms with E-state index in [0.29, 0.717) is 0 Å². The van der Waals surface area contributed by atoms with Crippen LogP contribution in [-0.4, -0.2) is 10.7 Å². The van der Waals surface area contributed by atoms with Crippen LogP contribution >= 0.6 is 24.0 Å². The third-order valence-electron chi connectivity index (χ3n) is 2.64. The van der Waals surface area contributed by atoms with E-state index in [1.54, 1.807) is 0 Å². The van der Waals surface area contributed by atoms with Gasteiger partial charge in [0.05, 0.1) is 10.7 Å². The molecule has 13 heavy (non-hydrogen) atoms. The molecule has 1 aromatic rings. The summed E-state index contributed by atoms with van der Waals surface area (Å²) >= 11 is 6.06. The molecule has 1 aliphatic carbocycles. The Balaban J connectivity index is 2.03. The standard InChI is InChI=1S/C10H15NS2/c12-6-5-9-7-13-10(11-9)8-3-1-2-4-8/h7-8,12H,1-6H2. The van der Waals surface area contributed by atoms with Crippen molar-refractivity contribution in [3.05, 3.63) is 16.1 Å². The summed E-state index contributed by atoms with van der Waals surface area (Å²) in [5.74, 6) is 1.69. The average Bonchev–Trinajstić information content (AvgIpc) is 2.70. The first-order chi connectivity index (χ1) is 6.40. The first-order valence-corrected chi connectivity index (χ1v) is 6.46. The highest BCUT2D eigenvalue weighted by atomic mass is 32.1. The molecule has 3 heteroatoms. The van der Waals surface area contributed by atoms with Crippen LogP contribution in [0.1, 0.15) is 42.3 Å². The fraction of sp³-hybridized carbons (Fsp3) is 0.700. The predicted molar refractivity (Wildman–Crippen MR) is 60.9 cm³/mol. The summed E-state index contributed by atoms with van der Waals surface area (Å²) in [4.78, 5) is 4.65. The second-order valence-electron chi connectivity index (χ2n) is 3.63. The van der Waals surface area contributed by atoms with Gasteiger partial charge in [-0.15, -0.1) is 11.3 Å². The predicted octanol–water partition coefficient (Wildman–Crippen LogP) is 3.27. The third-order valence-corrected chi connectivity index (χ3v) is 3.92. The molecule has 1 nitrogen and oxygen atoms in total. The van der Waals surface area contributed by atoms with Gasteiger partial charge in [-0.05, 0) is 25.0 Å². The van der Waals surface area contributed by atoms with Crippen LogP contribution in [0.3, 0.4) is 0 Å². The molecule has 2 rings (SSSR count). The SMILES string of the molecule is SCCc1csc(C2CCCC2)n1. The first-order valence-electron chi connectivity index (χ1n) is 4.95. The van der Waals surface area contributed by atoms with Crippen molar-refractivity contribution in [2.24, 2.45) is 0 Å². The van der Waals surface area contributed by atoms with E-state index >= 15 is 0 Å². The molecule has 1 fully saturated rings. The van der Waals surface area contributed by atoms with Gasteiger partial charge in [-0.1, -0.05) is 12.8 Å². The third kappa shape index (κ3) is 2.26. The van der Waals surface area contributed by atoms with Crippen molar-refractivity contribution in [1.82, 2.24) is 4.98 Å². The number of hydrogen-bond donors (Lipinski definition) is 1. The maximum Gasteiger partial charge on any atom is 0.0959 e. The van der Waals surface area contributed by atoms with Crippen molar-refractivity contribution in [2.75, 3.05) is 5.75 Å². The topological polar surface area (TPSA) is 12.9 Å². The summed E-state index contributed by atoms with van der Waals surface area (Å²) in [6.07, 6.45) is 6.52. The molecule has 0 unspecified atom stereocenters. The van der Waals surface area contributed by atoms with Crippen LogP contribution in [0.25, 0.3) is 0 Å². The van der Waals surface area contributed by atoms with Crippen LogP contribution in [0.5, 0.6) is 0 Å². The second-order valence-corrected chi connectivity index (χ2v) is 4.97. The zero-order valence-electron chi connectivity index (χ0n) is 7.70. The van der Waals surface area contributed by atoms with E-state index in [1.807, 2.05) is 11.3 Å². The molecule has 0 aromatic carbocycles. The van der Waals surface area contributed by atoms with Crippen molar-refractivity contribution in [2.45, 2.75) is 38.0 Å². The molecule has 1 aliphatic rings. The maximum absolute atomic E-state index is 4.65. The molecule has 1 aromatic heterocycles. The average molecular weight is 213 g/mol. The molecule has 0 spiro atoms. The Kier molecular flexibility index (Phi) is 3.28. The van der Waals surface area contributed by atoms with Gasteiger partial charge in [-0.25, -0.2) is 4.98 Å². The van der Waals surface area contributed by atoms with Gasteiger partial charge in [0.25, 0.3) is 0 Å². The lowest BCUT2D eigenvalue weighted by atomic mass is 10.1. The summed E-state index contributed by atoms with van der Waals surface area (Å²) in [6, 6.07) is 0. The Morgan fingerprint density at radius 1 is 1.46 bits per heavy atom. The van der Waals surface area contributed by atoms with Gasteiger partial charge in [0.15, 0.2) is 0 Å². The van der Waals surface area contributed by atoms with E-state index in [1.165, 1.54) is 36.4 Å². The zero-order valence-corrected chi connectivity index (χ0v) is 9.41. The number of thiol groups is 1. The number of nitrogens with zero attached hydrogens (tertiary/aromatic N) is 1. The molecule has 1 heterocycles. The molecular weight excluding hydrogens is 198 g/mol. The van der Waals surface area contributed by atoms with Gasteiger partial charge in [-0.2, -0.15) is 12.6 Å². The lowest BCUT2D eigenvalue weighted by molar-refractivity contribution is 0.712. The quantitative estimate of drug-likeness (QED) is 0.760. The normalized spacial score (nSPS) is 18.2. The van der Waals surface area contributed by atoms with Crippen molar-refractivity contribution in [3.8, 4) is 0 Å². The number of aryl methyl sites for hydroxylation is 1. The van der Waals surface area contributed by atoms with Gasteiger partial charge >= 0.3 is 0 Å². The maximum atomic E-state index is 4.65. The van der Waals surface area contributed by atoms with E-state index in [4.69, 9.17) is 0 Å². The molecule has 0 aliphatic heterocycles. The van der Waals surface area contributed by atoms with E-state index in [9.17, 15) is 0 Å². The van der Waals surface area contributed by atoms with Crippen molar-refractivity contribution >= 4 is 24.0 Å². The lowest BCUT2D eigenvalue weighted by Crippen LogP contribution is -1.92. The van der Waals surface area contributed by atoms with Crippen LogP contribution in [0, 0.1) is 0 Å². The van der Waals surface area contributed by atoms with Crippen LogP contribution in [0.15, 0.2) is 5.38 Å². The van der Waals surface area contributed by atoms with Gasteiger partial charge < -0.3 is 0 Å². The molecular formula is C10H15NS2. The van der Waals surface area contributed by atoms with Crippen LogP contribution < -0.4 is 0 Å². The molecule has 0 bridgehead atoms. The van der Waals surface area contributed by atoms with E-state index in [0.717, 1.165) is 18.1 Å². The minimum Gasteiger partial charge on any atom is -0.246 e. The number of thiazole rings is 1. The van der Waals surface area contributed by atoms with E-state index in [2.05, 4.69) is 23.0 Å². The molecule has 0 radical (unpaired) electrons. The summed E-state index contributed by atoms with van der Waals surface area (Å²) in [7, 11) is 0. The van der Waals surface area contributed by atoms with Crippen molar-refractivity contribution < 1.29 is 0 Å². The summed E-state index contributed by atoms with van der Waals surface area (Å²) in [5.41, 5.74) is 1.24. The Labute approximate surface area is 89.0 Å². The number of rotatable bonds is 3. The Morgan fingerprint density at radius 2 is 2.23 bits per heavy atom. The van der Waals surface area contributed by atoms with Crippen LogP contribution in [0.2, 0.25) is 0 Å². The van der Waals surface area contributed by atoms with Crippen molar-refractivity contribution in [1.29, 1.82) is 0 Å². The highest BCUT2D eigenvalue weighted by molar-refractivity contribution is 7.80. The van der Waals surface area contributed by atoms with Crippen molar-refractivity contribution in [3.63, 3.8) is 0 Å². The molecule has 1 saturated carbocycles. The van der Waals surface area contributed by atoms with Crippen LogP contribution in [-0.2, 0) is 6.42 Å². The minimum absolute atomic E-state index is 0.777. The van der Waals surface area contributed by atoms with Gasteiger partial charge in [0.1, 0.15) is 0 Å². The zero-order chi connectivity index (χ0) is 9.10. The second kappa shape index (κ2) is 4.47. The Morgan fingerprint density at radius 3 is 2.92 bits per heavy atom. The fourth-order valence-corrected chi connectivity index (χ4v) is 3.17. The molecule has 0 saturated heterocycles. The lowest BCUT2D eigenvalue weighted by Gasteiger charge is -2.02. The number of aromatic nitrogens is 1. The van der Waals surface area contributed by atoms with Gasteiger partial charge in [0, 0.05) is 11.3 Å². The molecule has 72 valence electrons. The fourth-order valence-electron chi connectivity index (χ4n) is 1.91. The summed E-state index contributed by atoms with van der Waals surface area (Å²) in [6.45, 7) is 0. The van der Waals surface area contributed by atoms with Gasteiger partial charge in [-0.3, -0.25) is 0 Å². The Hall–Kier alpha value is -0.0200. The summed E-state index contributed by atoms with van der Waals surface area (Å²) in [5, 5.41) is 3.57. The van der Waals surface area contributed by atoms with E-state index in [-0.39, 0.29) is 0 Å². The highest BCUT2D eigenvalue weighted by Crippen LogP contribution is 2.35. The van der Waals surface area contributed by atoms with Crippen LogP contribution in [0.4, 0.5) is 0 Å². The smallest absolute Gasteiger partial charge is 0.0959 e. The minimum atomic E-state index is 0.777. The monoisotopic (exact) mass is 213 g/mol.